The van der Waals surface area contributed by atoms with Gasteiger partial charge in [0.15, 0.2) is 11.5 Å². The van der Waals surface area contributed by atoms with E-state index in [4.69, 9.17) is 9.47 Å². The van der Waals surface area contributed by atoms with Gasteiger partial charge < -0.3 is 14.8 Å². The Morgan fingerprint density at radius 3 is 2.12 bits per heavy atom. The molecule has 0 aromatic heterocycles. The molecule has 0 unspecified atom stereocenters. The van der Waals surface area contributed by atoms with Crippen LogP contribution in [-0.4, -0.2) is 33.5 Å². The molecule has 2 N–H and O–H groups in total. The van der Waals surface area contributed by atoms with Crippen molar-refractivity contribution in [3.8, 4) is 11.5 Å². The van der Waals surface area contributed by atoms with Crippen molar-refractivity contribution in [3.05, 3.63) is 81.4 Å². The monoisotopic (exact) mass is 485 g/mol. The average Bonchev–Trinajstić information content (AvgIpc) is 2.80. The van der Waals surface area contributed by atoms with Gasteiger partial charge in [-0.1, -0.05) is 6.07 Å². The van der Waals surface area contributed by atoms with Crippen LogP contribution >= 0.6 is 0 Å². The number of ether oxygens (including phenoxy) is 2. The molecule has 0 aliphatic rings. The molecule has 3 aromatic rings. The minimum Gasteiger partial charge on any atom is -0.493 e. The van der Waals surface area contributed by atoms with Crippen molar-refractivity contribution in [2.24, 2.45) is 0 Å². The summed E-state index contributed by atoms with van der Waals surface area (Å²) < 4.78 is 38.2. The molecule has 0 bridgehead atoms. The van der Waals surface area contributed by atoms with E-state index in [1.54, 1.807) is 12.1 Å². The van der Waals surface area contributed by atoms with Crippen molar-refractivity contribution in [2.75, 3.05) is 24.3 Å². The first-order chi connectivity index (χ1) is 16.1. The van der Waals surface area contributed by atoms with Crippen LogP contribution in [-0.2, 0) is 10.0 Å². The summed E-state index contributed by atoms with van der Waals surface area (Å²) in [6.07, 6.45) is 0. The third-order valence-corrected chi connectivity index (χ3v) is 6.44. The highest BCUT2D eigenvalue weighted by molar-refractivity contribution is 7.92. The zero-order valence-corrected chi connectivity index (χ0v) is 19.7. The molecule has 178 valence electrons. The number of nitro benzene ring substituents is 1. The van der Waals surface area contributed by atoms with Crippen LogP contribution in [0.4, 0.5) is 17.1 Å². The number of nitrogens with one attached hydrogen (secondary N) is 2. The van der Waals surface area contributed by atoms with Gasteiger partial charge in [0.1, 0.15) is 0 Å². The Morgan fingerprint density at radius 1 is 0.912 bits per heavy atom. The molecular formula is C23H23N3O7S. The second-order valence-electron chi connectivity index (χ2n) is 7.36. The largest absolute Gasteiger partial charge is 0.493 e. The molecule has 0 aliphatic heterocycles. The standard InChI is InChI=1S/C23H23N3O7S/c1-14-5-10-18(12-20(14)26(28)29)34(30,31)25-17-8-6-16(7-9-17)23(27)24-19-13-22(33-4)21(32-3)11-15(19)2/h5-13,25H,1-4H3,(H,24,27). The van der Waals surface area contributed by atoms with Crippen LogP contribution < -0.4 is 19.5 Å². The molecule has 10 nitrogen and oxygen atoms in total. The highest BCUT2D eigenvalue weighted by atomic mass is 32.2. The number of nitro groups is 1. The van der Waals surface area contributed by atoms with Crippen molar-refractivity contribution < 1.29 is 27.6 Å². The SMILES string of the molecule is COc1cc(C)c(NC(=O)c2ccc(NS(=O)(=O)c3ccc(C)c([N+](=O)[O-])c3)cc2)cc1OC. The van der Waals surface area contributed by atoms with Crippen LogP contribution in [0.25, 0.3) is 0 Å². The number of carbonyl (C=O) groups excluding carboxylic acids is 1. The Balaban J connectivity index is 1.77. The zero-order chi connectivity index (χ0) is 25.0. The van der Waals surface area contributed by atoms with Crippen LogP contribution in [0.2, 0.25) is 0 Å². The molecule has 3 aromatic carbocycles. The van der Waals surface area contributed by atoms with Crippen LogP contribution in [0.1, 0.15) is 21.5 Å². The molecule has 0 heterocycles. The smallest absolute Gasteiger partial charge is 0.273 e. The van der Waals surface area contributed by atoms with Crippen LogP contribution in [0.3, 0.4) is 0 Å². The lowest BCUT2D eigenvalue weighted by Gasteiger charge is -2.14. The summed E-state index contributed by atoms with van der Waals surface area (Å²) in [5.74, 6) is 0.594. The number of amides is 1. The van der Waals surface area contributed by atoms with Gasteiger partial charge in [-0.15, -0.1) is 0 Å². The van der Waals surface area contributed by atoms with Gasteiger partial charge in [-0.25, -0.2) is 8.42 Å². The number of hydrogen-bond acceptors (Lipinski definition) is 7. The van der Waals surface area contributed by atoms with Crippen molar-refractivity contribution in [3.63, 3.8) is 0 Å². The van der Waals surface area contributed by atoms with E-state index in [-0.39, 0.29) is 16.3 Å². The van der Waals surface area contributed by atoms with E-state index in [0.29, 0.717) is 28.3 Å². The fraction of sp³-hybridized carbons (Fsp3) is 0.174. The minimum absolute atomic E-state index is 0.196. The molecule has 0 atom stereocenters. The Morgan fingerprint density at radius 2 is 1.53 bits per heavy atom. The maximum atomic E-state index is 12.7. The number of anilines is 2. The van der Waals surface area contributed by atoms with Crippen LogP contribution in [0.5, 0.6) is 11.5 Å². The topological polar surface area (TPSA) is 137 Å². The highest BCUT2D eigenvalue weighted by Gasteiger charge is 2.20. The van der Waals surface area contributed by atoms with Gasteiger partial charge in [0.05, 0.1) is 24.0 Å². The number of nitrogens with zero attached hydrogens (tertiary/aromatic N) is 1. The molecule has 0 fully saturated rings. The van der Waals surface area contributed by atoms with Crippen molar-refractivity contribution >= 4 is 33.0 Å². The van der Waals surface area contributed by atoms with E-state index in [2.05, 4.69) is 10.0 Å². The summed E-state index contributed by atoms with van der Waals surface area (Å²) in [6.45, 7) is 3.33. The highest BCUT2D eigenvalue weighted by Crippen LogP contribution is 2.33. The van der Waals surface area contributed by atoms with Crippen LogP contribution in [0.15, 0.2) is 59.5 Å². The minimum atomic E-state index is -4.07. The first kappa shape index (κ1) is 24.5. The van der Waals surface area contributed by atoms with E-state index < -0.39 is 20.9 Å². The van der Waals surface area contributed by atoms with Crippen molar-refractivity contribution in [1.82, 2.24) is 0 Å². The molecule has 1 amide bonds. The van der Waals surface area contributed by atoms with E-state index in [1.807, 2.05) is 6.92 Å². The second-order valence-corrected chi connectivity index (χ2v) is 9.05. The first-order valence-electron chi connectivity index (χ1n) is 9.97. The summed E-state index contributed by atoms with van der Waals surface area (Å²) in [5.41, 5.74) is 1.85. The third kappa shape index (κ3) is 5.26. The summed E-state index contributed by atoms with van der Waals surface area (Å²) in [5, 5.41) is 13.9. The van der Waals surface area contributed by atoms with Crippen LogP contribution in [0, 0.1) is 24.0 Å². The normalized spacial score (nSPS) is 10.9. The second kappa shape index (κ2) is 9.79. The Kier molecular flexibility index (Phi) is 7.06. The Hall–Kier alpha value is -4.12. The molecule has 0 radical (unpaired) electrons. The summed E-state index contributed by atoms with van der Waals surface area (Å²) >= 11 is 0. The molecule has 0 spiro atoms. The molecule has 0 aliphatic carbocycles. The van der Waals surface area contributed by atoms with Gasteiger partial charge in [-0.3, -0.25) is 19.6 Å². The van der Waals surface area contributed by atoms with Gasteiger partial charge in [0, 0.05) is 34.6 Å². The number of benzene rings is 3. The fourth-order valence-electron chi connectivity index (χ4n) is 3.17. The number of aryl methyl sites for hydroxylation is 2. The predicted molar refractivity (Wildman–Crippen MR) is 127 cm³/mol. The number of hydrogen-bond donors (Lipinski definition) is 2. The Bertz CT molecular complexity index is 1350. The zero-order valence-electron chi connectivity index (χ0n) is 18.9. The fourth-order valence-corrected chi connectivity index (χ4v) is 4.24. The van der Waals surface area contributed by atoms with E-state index in [1.165, 1.54) is 57.5 Å². The number of rotatable bonds is 8. The number of sulfonamides is 1. The molecule has 34 heavy (non-hydrogen) atoms. The van der Waals surface area contributed by atoms with E-state index in [9.17, 15) is 23.3 Å². The van der Waals surface area contributed by atoms with Gasteiger partial charge >= 0.3 is 0 Å². The lowest BCUT2D eigenvalue weighted by Crippen LogP contribution is -2.15. The number of methoxy groups -OCH3 is 2. The Labute approximate surface area is 196 Å². The van der Waals surface area contributed by atoms with Crippen molar-refractivity contribution in [1.29, 1.82) is 0 Å². The predicted octanol–water partition coefficient (Wildman–Crippen LogP) is 4.28. The van der Waals surface area contributed by atoms with Gasteiger partial charge in [-0.05, 0) is 55.8 Å². The van der Waals surface area contributed by atoms with Gasteiger partial charge in [0.2, 0.25) is 0 Å². The average molecular weight is 486 g/mol. The van der Waals surface area contributed by atoms with Crippen molar-refractivity contribution in [2.45, 2.75) is 18.7 Å². The lowest BCUT2D eigenvalue weighted by atomic mass is 10.1. The molecule has 3 rings (SSSR count). The van der Waals surface area contributed by atoms with Gasteiger partial charge in [0.25, 0.3) is 21.6 Å². The molecule has 0 saturated heterocycles. The quantitative estimate of drug-likeness (QED) is 0.359. The lowest BCUT2D eigenvalue weighted by molar-refractivity contribution is -0.385. The summed E-state index contributed by atoms with van der Waals surface area (Å²) in [4.78, 5) is 22.9. The van der Waals surface area contributed by atoms with Gasteiger partial charge in [-0.2, -0.15) is 0 Å². The van der Waals surface area contributed by atoms with E-state index >= 15 is 0 Å². The summed E-state index contributed by atoms with van der Waals surface area (Å²) in [7, 11) is -1.06. The molecule has 0 saturated carbocycles. The third-order valence-electron chi connectivity index (χ3n) is 5.07. The molecular weight excluding hydrogens is 462 g/mol. The molecule has 11 heteroatoms. The first-order valence-corrected chi connectivity index (χ1v) is 11.5. The number of carbonyl (C=O) groups is 1. The maximum Gasteiger partial charge on any atom is 0.273 e. The maximum absolute atomic E-state index is 12.7. The van der Waals surface area contributed by atoms with E-state index in [0.717, 1.165) is 11.6 Å². The summed E-state index contributed by atoms with van der Waals surface area (Å²) in [6, 6.07) is 12.8.